The Hall–Kier alpha value is -0.320. The van der Waals surface area contributed by atoms with Crippen LogP contribution in [-0.4, -0.2) is 152 Å². The lowest BCUT2D eigenvalue weighted by Crippen LogP contribution is -2.35. The molecule has 0 amide bonds. The Balaban J connectivity index is 2.39. The smallest absolute Gasteiger partial charge is 0.0674 e. The van der Waals surface area contributed by atoms with Gasteiger partial charge >= 0.3 is 0 Å². The van der Waals surface area contributed by atoms with Gasteiger partial charge in [-0.25, -0.2) is 0 Å². The molecule has 0 aromatic carbocycles. The average Bonchev–Trinajstić information content (AvgIpc) is 2.66. The third-order valence-corrected chi connectivity index (χ3v) is 5.36. The molecule has 1 aliphatic rings. The maximum atomic E-state index is 5.97. The van der Waals surface area contributed by atoms with Crippen molar-refractivity contribution in [1.29, 1.82) is 0 Å². The van der Waals surface area contributed by atoms with Crippen molar-refractivity contribution < 1.29 is 18.9 Å². The third kappa shape index (κ3) is 15.5. The molecule has 1 fully saturated rings. The van der Waals surface area contributed by atoms with E-state index >= 15 is 0 Å². The quantitative estimate of drug-likeness (QED) is 0.551. The number of nitrogens with zero attached hydrogens (tertiary/aromatic N) is 4. The number of hydrogen-bond donors (Lipinski definition) is 0. The first-order valence-electron chi connectivity index (χ1n) is 11.5. The van der Waals surface area contributed by atoms with Crippen molar-refractivity contribution in [3.05, 3.63) is 0 Å². The van der Waals surface area contributed by atoms with Crippen LogP contribution in [0.5, 0.6) is 0 Å². The van der Waals surface area contributed by atoms with Crippen molar-refractivity contribution in [2.24, 2.45) is 0 Å². The maximum Gasteiger partial charge on any atom is 0.0674 e. The molecule has 0 saturated carbocycles. The molecule has 0 aliphatic carbocycles. The molecule has 1 heterocycles. The minimum atomic E-state index is 0.217. The van der Waals surface area contributed by atoms with Crippen LogP contribution in [0.2, 0.25) is 0 Å². The van der Waals surface area contributed by atoms with Gasteiger partial charge in [0.05, 0.1) is 51.8 Å². The molecular weight excluding hydrogens is 384 g/mol. The fraction of sp³-hybridized carbons (Fsp3) is 1.00. The van der Waals surface area contributed by atoms with Gasteiger partial charge in [-0.15, -0.1) is 0 Å². The lowest BCUT2D eigenvalue weighted by Gasteiger charge is -2.24. The Morgan fingerprint density at radius 1 is 0.467 bits per heavy atom. The predicted molar refractivity (Wildman–Crippen MR) is 122 cm³/mol. The van der Waals surface area contributed by atoms with E-state index in [1.165, 1.54) is 0 Å². The summed E-state index contributed by atoms with van der Waals surface area (Å²) >= 11 is 0. The SMILES string of the molecule is CC1CN(C)CCOCCN(C)CCOC(C)CN(C)CCOCCN(C)CCO1. The van der Waals surface area contributed by atoms with Gasteiger partial charge in [0, 0.05) is 52.4 Å². The van der Waals surface area contributed by atoms with Crippen LogP contribution in [-0.2, 0) is 18.9 Å². The summed E-state index contributed by atoms with van der Waals surface area (Å²) in [5, 5.41) is 0. The molecule has 1 rings (SSSR count). The molecular formula is C22H48N4O4. The summed E-state index contributed by atoms with van der Waals surface area (Å²) in [5.74, 6) is 0. The first-order valence-corrected chi connectivity index (χ1v) is 11.5. The van der Waals surface area contributed by atoms with Crippen molar-refractivity contribution >= 4 is 0 Å². The molecule has 8 heteroatoms. The second kappa shape index (κ2) is 17.3. The molecule has 1 aliphatic heterocycles. The monoisotopic (exact) mass is 432 g/mol. The average molecular weight is 433 g/mol. The topological polar surface area (TPSA) is 49.9 Å². The fourth-order valence-corrected chi connectivity index (χ4v) is 3.29. The van der Waals surface area contributed by atoms with Crippen molar-refractivity contribution in [3.63, 3.8) is 0 Å². The van der Waals surface area contributed by atoms with Crippen LogP contribution >= 0.6 is 0 Å². The molecule has 30 heavy (non-hydrogen) atoms. The summed E-state index contributed by atoms with van der Waals surface area (Å²) < 4.78 is 23.6. The molecule has 0 radical (unpaired) electrons. The Morgan fingerprint density at radius 2 is 0.767 bits per heavy atom. The molecule has 0 spiro atoms. The second-order valence-electron chi connectivity index (χ2n) is 8.72. The summed E-state index contributed by atoms with van der Waals surface area (Å²) in [6.45, 7) is 16.1. The van der Waals surface area contributed by atoms with Crippen LogP contribution in [0.15, 0.2) is 0 Å². The van der Waals surface area contributed by atoms with Gasteiger partial charge < -0.3 is 38.5 Å². The number of hydrogen-bond acceptors (Lipinski definition) is 8. The summed E-state index contributed by atoms with van der Waals surface area (Å²) in [7, 11) is 8.48. The van der Waals surface area contributed by atoms with Gasteiger partial charge in [0.1, 0.15) is 0 Å². The van der Waals surface area contributed by atoms with Crippen LogP contribution in [0, 0.1) is 0 Å². The van der Waals surface area contributed by atoms with Gasteiger partial charge in [-0.2, -0.15) is 0 Å². The van der Waals surface area contributed by atoms with E-state index in [1.54, 1.807) is 0 Å². The van der Waals surface area contributed by atoms with Gasteiger partial charge in [0.2, 0.25) is 0 Å². The van der Waals surface area contributed by atoms with Gasteiger partial charge in [0.15, 0.2) is 0 Å². The van der Waals surface area contributed by atoms with Gasteiger partial charge in [0.25, 0.3) is 0 Å². The van der Waals surface area contributed by atoms with E-state index in [4.69, 9.17) is 18.9 Å². The molecule has 0 aromatic rings. The van der Waals surface area contributed by atoms with E-state index in [1.807, 2.05) is 0 Å². The first-order chi connectivity index (χ1) is 14.4. The molecule has 2 unspecified atom stereocenters. The molecule has 1 saturated heterocycles. The number of likely N-dealkylation sites (N-methyl/N-ethyl adjacent to an activating group) is 4. The third-order valence-electron chi connectivity index (χ3n) is 5.36. The summed E-state index contributed by atoms with van der Waals surface area (Å²) in [6.07, 6.45) is 0.434. The molecule has 0 aromatic heterocycles. The minimum Gasteiger partial charge on any atom is -0.379 e. The summed E-state index contributed by atoms with van der Waals surface area (Å²) in [6, 6.07) is 0. The Bertz CT molecular complexity index is 369. The lowest BCUT2D eigenvalue weighted by atomic mass is 10.3. The Labute approximate surface area is 185 Å². The maximum absolute atomic E-state index is 5.97. The zero-order chi connectivity index (χ0) is 22.2. The molecule has 0 N–H and O–H groups in total. The van der Waals surface area contributed by atoms with Gasteiger partial charge in [-0.05, 0) is 42.0 Å². The largest absolute Gasteiger partial charge is 0.379 e. The highest BCUT2D eigenvalue weighted by atomic mass is 16.5. The summed E-state index contributed by atoms with van der Waals surface area (Å²) in [5.41, 5.74) is 0. The van der Waals surface area contributed by atoms with Crippen molar-refractivity contribution in [1.82, 2.24) is 19.6 Å². The van der Waals surface area contributed by atoms with Crippen molar-refractivity contribution in [3.8, 4) is 0 Å². The summed E-state index contributed by atoms with van der Waals surface area (Å²) in [4.78, 5) is 9.08. The molecule has 2 atom stereocenters. The van der Waals surface area contributed by atoms with E-state index in [0.29, 0.717) is 0 Å². The second-order valence-corrected chi connectivity index (χ2v) is 8.72. The minimum absolute atomic E-state index is 0.217. The lowest BCUT2D eigenvalue weighted by molar-refractivity contribution is 0.0125. The normalized spacial score (nSPS) is 29.4. The molecule has 0 bridgehead atoms. The Kier molecular flexibility index (Phi) is 15.9. The zero-order valence-corrected chi connectivity index (χ0v) is 20.5. The first kappa shape index (κ1) is 27.7. The van der Waals surface area contributed by atoms with Crippen molar-refractivity contribution in [2.75, 3.05) is 120 Å². The highest BCUT2D eigenvalue weighted by Gasteiger charge is 2.10. The fourth-order valence-electron chi connectivity index (χ4n) is 3.29. The predicted octanol–water partition coefficient (Wildman–Crippen LogP) is 0.571. The van der Waals surface area contributed by atoms with E-state index < -0.39 is 0 Å². The zero-order valence-electron chi connectivity index (χ0n) is 20.5. The van der Waals surface area contributed by atoms with Crippen LogP contribution in [0.25, 0.3) is 0 Å². The standard InChI is InChI=1S/C22H48N4O4/c1-21-19-25(5)9-15-27-14-8-24(4)12-18-30-22(2)20-26(6)10-16-28-13-7-23(3)11-17-29-21/h21-22H,7-20H2,1-6H3. The van der Waals surface area contributed by atoms with E-state index in [9.17, 15) is 0 Å². The Morgan fingerprint density at radius 3 is 1.13 bits per heavy atom. The van der Waals surface area contributed by atoms with E-state index in [-0.39, 0.29) is 12.2 Å². The van der Waals surface area contributed by atoms with E-state index in [0.717, 1.165) is 92.0 Å². The highest BCUT2D eigenvalue weighted by molar-refractivity contribution is 4.61. The van der Waals surface area contributed by atoms with E-state index in [2.05, 4.69) is 61.6 Å². The highest BCUT2D eigenvalue weighted by Crippen LogP contribution is 1.98. The number of ether oxygens (including phenoxy) is 4. The van der Waals surface area contributed by atoms with Crippen LogP contribution in [0.3, 0.4) is 0 Å². The molecule has 8 nitrogen and oxygen atoms in total. The van der Waals surface area contributed by atoms with Crippen LogP contribution in [0.1, 0.15) is 13.8 Å². The van der Waals surface area contributed by atoms with Gasteiger partial charge in [-0.3, -0.25) is 0 Å². The van der Waals surface area contributed by atoms with Gasteiger partial charge in [-0.1, -0.05) is 0 Å². The van der Waals surface area contributed by atoms with Crippen LogP contribution in [0.4, 0.5) is 0 Å². The number of rotatable bonds is 0. The van der Waals surface area contributed by atoms with Crippen molar-refractivity contribution in [2.45, 2.75) is 26.1 Å². The molecule has 180 valence electrons. The van der Waals surface area contributed by atoms with Crippen LogP contribution < -0.4 is 0 Å².